The fourth-order valence-electron chi connectivity index (χ4n) is 2.34. The van der Waals surface area contributed by atoms with Gasteiger partial charge in [0.05, 0.1) is 0 Å². The number of ether oxygens (including phenoxy) is 1. The van der Waals surface area contributed by atoms with Crippen molar-refractivity contribution in [3.63, 3.8) is 0 Å². The highest BCUT2D eigenvalue weighted by molar-refractivity contribution is 5.90. The van der Waals surface area contributed by atoms with Crippen molar-refractivity contribution in [2.75, 3.05) is 0 Å². The molecule has 1 aliphatic carbocycles. The van der Waals surface area contributed by atoms with Crippen LogP contribution in [0.1, 0.15) is 28.0 Å². The van der Waals surface area contributed by atoms with Crippen LogP contribution in [0.15, 0.2) is 24.3 Å². The molecule has 6 heteroatoms. The molecular weight excluding hydrogens is 280 g/mol. The van der Waals surface area contributed by atoms with E-state index in [1.807, 2.05) is 0 Å². The molecule has 0 unspecified atom stereocenters. The lowest BCUT2D eigenvalue weighted by Crippen LogP contribution is -2.05. The first-order chi connectivity index (χ1) is 10.0. The van der Waals surface area contributed by atoms with Gasteiger partial charge in [0.1, 0.15) is 11.4 Å². The zero-order valence-corrected chi connectivity index (χ0v) is 10.9. The van der Waals surface area contributed by atoms with Crippen LogP contribution >= 0.6 is 0 Å². The van der Waals surface area contributed by atoms with Gasteiger partial charge in [-0.1, -0.05) is 0 Å². The van der Waals surface area contributed by atoms with Crippen LogP contribution < -0.4 is 4.74 Å². The molecule has 0 amide bonds. The van der Waals surface area contributed by atoms with Crippen LogP contribution in [0.3, 0.4) is 0 Å². The standard InChI is InChI=1S/C15H11F2NO3/c16-9-4-5-11(17)13(7-9)21-14-10(15(19)20)6-8-2-1-3-12(8)18-14/h4-7H,1-3H2,(H,19,20). The second-order valence-corrected chi connectivity index (χ2v) is 4.78. The highest BCUT2D eigenvalue weighted by atomic mass is 19.1. The average Bonchev–Trinajstić information content (AvgIpc) is 2.89. The summed E-state index contributed by atoms with van der Waals surface area (Å²) in [6.45, 7) is 0. The molecule has 4 nitrogen and oxygen atoms in total. The Hall–Kier alpha value is -2.50. The molecule has 0 atom stereocenters. The predicted molar refractivity (Wildman–Crippen MR) is 69.7 cm³/mol. The summed E-state index contributed by atoms with van der Waals surface area (Å²) in [6, 6.07) is 4.22. The molecule has 1 aromatic carbocycles. The molecule has 21 heavy (non-hydrogen) atoms. The van der Waals surface area contributed by atoms with Crippen LogP contribution in [0.5, 0.6) is 11.6 Å². The Bertz CT molecular complexity index is 731. The molecule has 1 heterocycles. The summed E-state index contributed by atoms with van der Waals surface area (Å²) in [4.78, 5) is 15.4. The number of nitrogens with zero attached hydrogens (tertiary/aromatic N) is 1. The zero-order chi connectivity index (χ0) is 15.0. The normalized spacial score (nSPS) is 13.0. The third-order valence-electron chi connectivity index (χ3n) is 3.35. The molecule has 3 rings (SSSR count). The quantitative estimate of drug-likeness (QED) is 0.942. The van der Waals surface area contributed by atoms with Crippen LogP contribution in [-0.2, 0) is 12.8 Å². The number of carboxylic acids is 1. The van der Waals surface area contributed by atoms with E-state index in [0.717, 1.165) is 48.7 Å². The molecule has 0 fully saturated rings. The molecule has 1 aromatic heterocycles. The lowest BCUT2D eigenvalue weighted by atomic mass is 10.1. The van der Waals surface area contributed by atoms with Gasteiger partial charge in [0, 0.05) is 11.8 Å². The van der Waals surface area contributed by atoms with Crippen molar-refractivity contribution in [2.24, 2.45) is 0 Å². The Labute approximate surface area is 119 Å². The fraction of sp³-hybridized carbons (Fsp3) is 0.200. The first-order valence-corrected chi connectivity index (χ1v) is 6.43. The lowest BCUT2D eigenvalue weighted by Gasteiger charge is -2.10. The summed E-state index contributed by atoms with van der Waals surface area (Å²) in [5, 5.41) is 9.21. The number of aromatic carboxylic acids is 1. The third kappa shape index (κ3) is 2.56. The maximum Gasteiger partial charge on any atom is 0.341 e. The number of fused-ring (bicyclic) bond motifs is 1. The van der Waals surface area contributed by atoms with Gasteiger partial charge in [-0.15, -0.1) is 0 Å². The Kier molecular flexibility index (Phi) is 3.29. The highest BCUT2D eigenvalue weighted by Crippen LogP contribution is 2.31. The molecule has 1 aliphatic rings. The predicted octanol–water partition coefficient (Wildman–Crippen LogP) is 3.34. The number of rotatable bonds is 3. The van der Waals surface area contributed by atoms with Gasteiger partial charge in [-0.25, -0.2) is 18.6 Å². The van der Waals surface area contributed by atoms with Crippen molar-refractivity contribution in [1.29, 1.82) is 0 Å². The number of aryl methyl sites for hydroxylation is 2. The number of hydrogen-bond acceptors (Lipinski definition) is 3. The van der Waals surface area contributed by atoms with Gasteiger partial charge in [0.25, 0.3) is 0 Å². The average molecular weight is 291 g/mol. The summed E-state index contributed by atoms with van der Waals surface area (Å²) in [6.07, 6.45) is 2.37. The van der Waals surface area contributed by atoms with E-state index >= 15 is 0 Å². The minimum Gasteiger partial charge on any atom is -0.477 e. The van der Waals surface area contributed by atoms with E-state index in [4.69, 9.17) is 4.74 Å². The van der Waals surface area contributed by atoms with Crippen LogP contribution in [0.4, 0.5) is 8.78 Å². The maximum absolute atomic E-state index is 13.6. The fourth-order valence-corrected chi connectivity index (χ4v) is 2.34. The van der Waals surface area contributed by atoms with Crippen molar-refractivity contribution in [2.45, 2.75) is 19.3 Å². The summed E-state index contributed by atoms with van der Waals surface area (Å²) in [5.41, 5.74) is 1.45. The van der Waals surface area contributed by atoms with Crippen molar-refractivity contribution >= 4 is 5.97 Å². The molecule has 0 spiro atoms. The Balaban J connectivity index is 2.05. The van der Waals surface area contributed by atoms with E-state index < -0.39 is 17.6 Å². The van der Waals surface area contributed by atoms with Gasteiger partial charge in [0.15, 0.2) is 11.6 Å². The number of hydrogen-bond donors (Lipinski definition) is 1. The van der Waals surface area contributed by atoms with Crippen molar-refractivity contribution < 1.29 is 23.4 Å². The second-order valence-electron chi connectivity index (χ2n) is 4.78. The van der Waals surface area contributed by atoms with Crippen molar-refractivity contribution in [3.05, 3.63) is 52.7 Å². The summed E-state index contributed by atoms with van der Waals surface area (Å²) in [7, 11) is 0. The highest BCUT2D eigenvalue weighted by Gasteiger charge is 2.22. The van der Waals surface area contributed by atoms with Gasteiger partial charge >= 0.3 is 5.97 Å². The number of benzene rings is 1. The monoisotopic (exact) mass is 291 g/mol. The van der Waals surface area contributed by atoms with Crippen molar-refractivity contribution in [3.8, 4) is 11.6 Å². The topological polar surface area (TPSA) is 59.4 Å². The molecule has 108 valence electrons. The van der Waals surface area contributed by atoms with Gasteiger partial charge in [-0.3, -0.25) is 0 Å². The maximum atomic E-state index is 13.6. The Morgan fingerprint density at radius 2 is 2.05 bits per heavy atom. The number of halogens is 2. The minimum absolute atomic E-state index is 0.153. The number of carbonyl (C=O) groups is 1. The molecule has 0 bridgehead atoms. The van der Waals surface area contributed by atoms with Crippen LogP contribution in [0.25, 0.3) is 0 Å². The lowest BCUT2D eigenvalue weighted by molar-refractivity contribution is 0.0693. The Morgan fingerprint density at radius 1 is 1.24 bits per heavy atom. The summed E-state index contributed by atoms with van der Waals surface area (Å²) >= 11 is 0. The third-order valence-corrected chi connectivity index (χ3v) is 3.35. The first-order valence-electron chi connectivity index (χ1n) is 6.43. The SMILES string of the molecule is O=C(O)c1cc2c(nc1Oc1cc(F)ccc1F)CCC2. The van der Waals surface area contributed by atoms with Gasteiger partial charge in [-0.05, 0) is 43.0 Å². The van der Waals surface area contributed by atoms with E-state index in [1.54, 1.807) is 0 Å². The number of aromatic nitrogens is 1. The van der Waals surface area contributed by atoms with E-state index in [1.165, 1.54) is 6.07 Å². The zero-order valence-electron chi connectivity index (χ0n) is 10.9. The second kappa shape index (κ2) is 5.12. The van der Waals surface area contributed by atoms with Gasteiger partial charge in [0.2, 0.25) is 5.88 Å². The molecule has 1 N–H and O–H groups in total. The number of carboxylic acid groups (broad SMARTS) is 1. The first kappa shape index (κ1) is 13.5. The summed E-state index contributed by atoms with van der Waals surface area (Å²) < 4.78 is 31.9. The van der Waals surface area contributed by atoms with Crippen LogP contribution in [0.2, 0.25) is 0 Å². The van der Waals surface area contributed by atoms with E-state index in [9.17, 15) is 18.7 Å². The molecule has 0 aliphatic heterocycles. The largest absolute Gasteiger partial charge is 0.477 e. The van der Waals surface area contributed by atoms with Gasteiger partial charge in [-0.2, -0.15) is 0 Å². The molecule has 0 saturated carbocycles. The van der Waals surface area contributed by atoms with Gasteiger partial charge < -0.3 is 9.84 Å². The van der Waals surface area contributed by atoms with E-state index in [0.29, 0.717) is 0 Å². The van der Waals surface area contributed by atoms with E-state index in [-0.39, 0.29) is 17.2 Å². The number of pyridine rings is 1. The Morgan fingerprint density at radius 3 is 2.81 bits per heavy atom. The molecule has 0 saturated heterocycles. The molecule has 2 aromatic rings. The van der Waals surface area contributed by atoms with E-state index in [2.05, 4.69) is 4.98 Å². The van der Waals surface area contributed by atoms with Crippen LogP contribution in [0, 0.1) is 11.6 Å². The molecular formula is C15H11F2NO3. The van der Waals surface area contributed by atoms with Crippen molar-refractivity contribution in [1.82, 2.24) is 4.98 Å². The minimum atomic E-state index is -1.22. The smallest absolute Gasteiger partial charge is 0.341 e. The summed E-state index contributed by atoms with van der Waals surface area (Å²) in [5.74, 6) is -3.28. The van der Waals surface area contributed by atoms with Crippen LogP contribution in [-0.4, -0.2) is 16.1 Å². The molecule has 0 radical (unpaired) electrons.